The number of sulfonamides is 1. The summed E-state index contributed by atoms with van der Waals surface area (Å²) in [7, 11) is -0.830. The molecule has 1 N–H and O–H groups in total. The number of rotatable bonds is 9. The van der Waals surface area contributed by atoms with E-state index >= 15 is 0 Å². The molecule has 0 unspecified atom stereocenters. The Labute approximate surface area is 170 Å². The third-order valence-corrected chi connectivity index (χ3v) is 5.37. The second kappa shape index (κ2) is 9.66. The van der Waals surface area contributed by atoms with E-state index in [0.717, 1.165) is 16.1 Å². The van der Waals surface area contributed by atoms with Crippen molar-refractivity contribution in [1.82, 2.24) is 5.32 Å². The van der Waals surface area contributed by atoms with Crippen molar-refractivity contribution in [2.24, 2.45) is 0 Å². The Hall–Kier alpha value is -2.45. The van der Waals surface area contributed by atoms with Gasteiger partial charge in [0.25, 0.3) is 0 Å². The molecule has 0 aliphatic rings. The Morgan fingerprint density at radius 3 is 2.36 bits per heavy atom. The van der Waals surface area contributed by atoms with Gasteiger partial charge in [-0.25, -0.2) is 8.42 Å². The Bertz CT molecular complexity index is 916. The van der Waals surface area contributed by atoms with Crippen LogP contribution in [0.2, 0.25) is 5.02 Å². The van der Waals surface area contributed by atoms with E-state index in [1.807, 2.05) is 12.1 Å². The smallest absolute Gasteiger partial charge is 0.240 e. The van der Waals surface area contributed by atoms with Crippen molar-refractivity contribution in [3.05, 3.63) is 53.1 Å². The van der Waals surface area contributed by atoms with Crippen LogP contribution >= 0.6 is 11.6 Å². The second-order valence-electron chi connectivity index (χ2n) is 6.03. The number of nitrogens with zero attached hydrogens (tertiary/aromatic N) is 1. The van der Waals surface area contributed by atoms with E-state index in [1.165, 1.54) is 20.3 Å². The molecule has 0 saturated heterocycles. The van der Waals surface area contributed by atoms with Gasteiger partial charge in [0.1, 0.15) is 18.0 Å². The molecule has 0 heterocycles. The molecule has 0 radical (unpaired) electrons. The lowest BCUT2D eigenvalue weighted by Gasteiger charge is -2.24. The molecule has 28 heavy (non-hydrogen) atoms. The quantitative estimate of drug-likeness (QED) is 0.665. The molecule has 0 atom stereocenters. The highest BCUT2D eigenvalue weighted by Crippen LogP contribution is 2.33. The summed E-state index contributed by atoms with van der Waals surface area (Å²) in [5.41, 5.74) is 1.25. The number of anilines is 1. The zero-order valence-corrected chi connectivity index (χ0v) is 17.5. The monoisotopic (exact) mass is 426 g/mol. The van der Waals surface area contributed by atoms with Crippen molar-refractivity contribution in [2.45, 2.75) is 6.42 Å². The maximum atomic E-state index is 12.4. The molecular formula is C19H23ClN2O5S. The maximum Gasteiger partial charge on any atom is 0.240 e. The Morgan fingerprint density at radius 2 is 1.79 bits per heavy atom. The molecule has 0 bridgehead atoms. The van der Waals surface area contributed by atoms with Crippen LogP contribution in [0.3, 0.4) is 0 Å². The standard InChI is InChI=1S/C19H23ClN2O5S/c1-26-16-8-9-18(27-2)17(12-16)22(28(3,24)25)13-19(23)21-11-10-14-4-6-15(20)7-5-14/h4-9,12H,10-11,13H2,1-3H3,(H,21,23). The summed E-state index contributed by atoms with van der Waals surface area (Å²) < 4.78 is 36.0. The molecule has 0 fully saturated rings. The number of benzene rings is 2. The van der Waals surface area contributed by atoms with Crippen molar-refractivity contribution in [3.8, 4) is 11.5 Å². The molecule has 0 aromatic heterocycles. The zero-order valence-electron chi connectivity index (χ0n) is 15.9. The Balaban J connectivity index is 2.10. The van der Waals surface area contributed by atoms with Crippen molar-refractivity contribution < 1.29 is 22.7 Å². The van der Waals surface area contributed by atoms with E-state index in [-0.39, 0.29) is 12.2 Å². The van der Waals surface area contributed by atoms with Crippen LogP contribution in [0.1, 0.15) is 5.56 Å². The highest BCUT2D eigenvalue weighted by molar-refractivity contribution is 7.92. The minimum absolute atomic E-state index is 0.234. The van der Waals surface area contributed by atoms with Gasteiger partial charge in [-0.3, -0.25) is 9.10 Å². The van der Waals surface area contributed by atoms with Crippen molar-refractivity contribution in [3.63, 3.8) is 0 Å². The highest BCUT2D eigenvalue weighted by atomic mass is 35.5. The maximum absolute atomic E-state index is 12.4. The van der Waals surface area contributed by atoms with Crippen molar-refractivity contribution in [1.29, 1.82) is 0 Å². The summed E-state index contributed by atoms with van der Waals surface area (Å²) in [5.74, 6) is 0.344. The van der Waals surface area contributed by atoms with Crippen LogP contribution in [0, 0.1) is 0 Å². The number of hydrogen-bond donors (Lipinski definition) is 1. The summed E-state index contributed by atoms with van der Waals surface area (Å²) in [6.07, 6.45) is 1.64. The van der Waals surface area contributed by atoms with Crippen molar-refractivity contribution in [2.75, 3.05) is 37.9 Å². The molecule has 1 amide bonds. The predicted octanol–water partition coefficient (Wildman–Crippen LogP) is 2.48. The fraction of sp³-hybridized carbons (Fsp3) is 0.316. The van der Waals surface area contributed by atoms with Crippen LogP contribution in [-0.2, 0) is 21.2 Å². The summed E-state index contributed by atoms with van der Waals surface area (Å²) in [6, 6.07) is 12.1. The van der Waals surface area contributed by atoms with Gasteiger partial charge in [-0.05, 0) is 36.2 Å². The topological polar surface area (TPSA) is 84.9 Å². The molecular weight excluding hydrogens is 404 g/mol. The summed E-state index contributed by atoms with van der Waals surface area (Å²) in [6.45, 7) is -0.00368. The number of halogens is 1. The second-order valence-corrected chi connectivity index (χ2v) is 8.38. The molecule has 2 aromatic rings. The summed E-state index contributed by atoms with van der Waals surface area (Å²) >= 11 is 5.85. The molecule has 0 spiro atoms. The van der Waals surface area contributed by atoms with E-state index in [1.54, 1.807) is 24.3 Å². The van der Waals surface area contributed by atoms with Gasteiger partial charge in [-0.1, -0.05) is 23.7 Å². The minimum atomic E-state index is -3.73. The summed E-state index contributed by atoms with van der Waals surface area (Å²) in [5, 5.41) is 3.38. The minimum Gasteiger partial charge on any atom is -0.497 e. The van der Waals surface area contributed by atoms with Crippen LogP contribution in [-0.4, -0.2) is 47.9 Å². The van der Waals surface area contributed by atoms with Gasteiger partial charge in [-0.2, -0.15) is 0 Å². The van der Waals surface area contributed by atoms with Gasteiger partial charge < -0.3 is 14.8 Å². The first-order valence-electron chi connectivity index (χ1n) is 8.45. The zero-order chi connectivity index (χ0) is 20.7. The van der Waals surface area contributed by atoms with Crippen molar-refractivity contribution >= 4 is 33.2 Å². The van der Waals surface area contributed by atoms with Crippen LogP contribution in [0.15, 0.2) is 42.5 Å². The third kappa shape index (κ3) is 6.03. The third-order valence-electron chi connectivity index (χ3n) is 3.99. The lowest BCUT2D eigenvalue weighted by atomic mass is 10.1. The molecule has 2 rings (SSSR count). The average Bonchev–Trinajstić information content (AvgIpc) is 2.66. The molecule has 2 aromatic carbocycles. The van der Waals surface area contributed by atoms with Gasteiger partial charge >= 0.3 is 0 Å². The molecule has 9 heteroatoms. The number of hydrogen-bond acceptors (Lipinski definition) is 5. The van der Waals surface area contributed by atoms with E-state index in [9.17, 15) is 13.2 Å². The molecule has 0 aliphatic heterocycles. The number of ether oxygens (including phenoxy) is 2. The Kier molecular flexibility index (Phi) is 7.53. The first-order chi connectivity index (χ1) is 13.2. The normalized spacial score (nSPS) is 11.0. The molecule has 0 saturated carbocycles. The largest absolute Gasteiger partial charge is 0.497 e. The van der Waals surface area contributed by atoms with E-state index in [2.05, 4.69) is 5.32 Å². The van der Waals surface area contributed by atoms with Crippen LogP contribution in [0.5, 0.6) is 11.5 Å². The van der Waals surface area contributed by atoms with Gasteiger partial charge in [0.2, 0.25) is 15.9 Å². The number of carbonyl (C=O) groups excluding carboxylic acids is 1. The molecule has 0 aliphatic carbocycles. The SMILES string of the molecule is COc1ccc(OC)c(N(CC(=O)NCCc2ccc(Cl)cc2)S(C)(=O)=O)c1. The van der Waals surface area contributed by atoms with Gasteiger partial charge in [0.05, 0.1) is 26.2 Å². The number of nitrogens with one attached hydrogen (secondary N) is 1. The number of amides is 1. The number of carbonyl (C=O) groups is 1. The highest BCUT2D eigenvalue weighted by Gasteiger charge is 2.24. The first-order valence-corrected chi connectivity index (χ1v) is 10.7. The van der Waals surface area contributed by atoms with Crippen LogP contribution in [0.4, 0.5) is 5.69 Å². The summed E-state index contributed by atoms with van der Waals surface area (Å²) in [4.78, 5) is 12.4. The molecule has 152 valence electrons. The van der Waals surface area contributed by atoms with E-state index in [0.29, 0.717) is 29.5 Å². The van der Waals surface area contributed by atoms with E-state index in [4.69, 9.17) is 21.1 Å². The average molecular weight is 427 g/mol. The first kappa shape index (κ1) is 21.8. The Morgan fingerprint density at radius 1 is 1.11 bits per heavy atom. The number of methoxy groups -OCH3 is 2. The lowest BCUT2D eigenvalue weighted by Crippen LogP contribution is -2.41. The van der Waals surface area contributed by atoms with Gasteiger partial charge in [0.15, 0.2) is 0 Å². The van der Waals surface area contributed by atoms with Crippen LogP contribution in [0.25, 0.3) is 0 Å². The molecule has 7 nitrogen and oxygen atoms in total. The van der Waals surface area contributed by atoms with Gasteiger partial charge in [-0.15, -0.1) is 0 Å². The van der Waals surface area contributed by atoms with E-state index < -0.39 is 15.9 Å². The fourth-order valence-corrected chi connectivity index (χ4v) is 3.53. The fourth-order valence-electron chi connectivity index (χ4n) is 2.56. The predicted molar refractivity (Wildman–Crippen MR) is 110 cm³/mol. The van der Waals surface area contributed by atoms with Crippen LogP contribution < -0.4 is 19.1 Å². The lowest BCUT2D eigenvalue weighted by molar-refractivity contribution is -0.119. The van der Waals surface area contributed by atoms with Gasteiger partial charge in [0, 0.05) is 17.6 Å².